The number of morpholine rings is 1. The number of benzene rings is 1. The van der Waals surface area contributed by atoms with Crippen molar-refractivity contribution in [3.63, 3.8) is 0 Å². The van der Waals surface area contributed by atoms with E-state index in [2.05, 4.69) is 33.7 Å². The fraction of sp³-hybridized carbons (Fsp3) is 0.429. The summed E-state index contributed by atoms with van der Waals surface area (Å²) in [5.41, 5.74) is 3.48. The topological polar surface area (TPSA) is 71.9 Å². The van der Waals surface area contributed by atoms with Gasteiger partial charge in [-0.2, -0.15) is 0 Å². The molecule has 0 aliphatic carbocycles. The number of β-amino-alcohol motifs (C(OH)–C–C–N with tert-alkyl or cyclic N) is 1. The third kappa shape index (κ3) is 5.43. The first-order valence-electron chi connectivity index (χ1n) is 9.38. The average Bonchev–Trinajstić information content (AvgIpc) is 3.15. The molecule has 1 aliphatic rings. The van der Waals surface area contributed by atoms with E-state index in [9.17, 15) is 9.90 Å². The number of halogens is 1. The van der Waals surface area contributed by atoms with Crippen LogP contribution in [0.3, 0.4) is 0 Å². The SMILES string of the molecule is COC(=O)/C=C(\C)c1ccc(CC(C)N2CCOC(O)(c3csc(Cl)n3)C2)cc1. The van der Waals surface area contributed by atoms with Crippen LogP contribution in [0.1, 0.15) is 30.7 Å². The van der Waals surface area contributed by atoms with E-state index in [4.69, 9.17) is 16.3 Å². The summed E-state index contributed by atoms with van der Waals surface area (Å²) in [5, 5.41) is 12.6. The molecule has 1 fully saturated rings. The second kappa shape index (κ2) is 9.36. The van der Waals surface area contributed by atoms with Crippen molar-refractivity contribution in [3.8, 4) is 0 Å². The standard InChI is InChI=1S/C21H25ClN2O4S/c1-14(10-19(25)27-3)17-6-4-16(5-7-17)11-15(2)24-8-9-28-21(26,13-24)18-12-29-20(22)23-18/h4-7,10,12,15,26H,8-9,11,13H2,1-3H3/b14-10+. The molecule has 6 nitrogen and oxygen atoms in total. The quantitative estimate of drug-likeness (QED) is 0.552. The number of carbonyl (C=O) groups is 1. The summed E-state index contributed by atoms with van der Waals surface area (Å²) < 4.78 is 10.7. The van der Waals surface area contributed by atoms with Crippen LogP contribution in [0.15, 0.2) is 35.7 Å². The van der Waals surface area contributed by atoms with Crippen LogP contribution in [-0.4, -0.2) is 53.8 Å². The predicted octanol–water partition coefficient (Wildman–Crippen LogP) is 3.48. The number of ether oxygens (including phenoxy) is 2. The number of aliphatic hydroxyl groups is 1. The first-order chi connectivity index (χ1) is 13.8. The number of rotatable bonds is 6. The predicted molar refractivity (Wildman–Crippen MR) is 114 cm³/mol. The number of esters is 1. The third-order valence-corrected chi connectivity index (χ3v) is 6.09. The number of hydrogen-bond acceptors (Lipinski definition) is 7. The van der Waals surface area contributed by atoms with Crippen molar-refractivity contribution >= 4 is 34.5 Å². The van der Waals surface area contributed by atoms with Gasteiger partial charge in [-0.25, -0.2) is 9.78 Å². The molecular weight excluding hydrogens is 412 g/mol. The van der Waals surface area contributed by atoms with E-state index in [1.165, 1.54) is 30.1 Å². The van der Waals surface area contributed by atoms with Crippen molar-refractivity contribution in [2.45, 2.75) is 32.1 Å². The summed E-state index contributed by atoms with van der Waals surface area (Å²) in [6, 6.07) is 8.34. The number of carbonyl (C=O) groups excluding carboxylic acids is 1. The van der Waals surface area contributed by atoms with Crippen LogP contribution in [0.4, 0.5) is 0 Å². The number of thiazole rings is 1. The molecule has 2 heterocycles. The molecule has 1 aromatic heterocycles. The van der Waals surface area contributed by atoms with Gasteiger partial charge in [0.25, 0.3) is 0 Å². The second-order valence-electron chi connectivity index (χ2n) is 7.19. The highest BCUT2D eigenvalue weighted by molar-refractivity contribution is 7.13. The minimum absolute atomic E-state index is 0.206. The average molecular weight is 437 g/mol. The van der Waals surface area contributed by atoms with Gasteiger partial charge in [0.1, 0.15) is 5.69 Å². The molecule has 0 amide bonds. The molecule has 2 aromatic rings. The smallest absolute Gasteiger partial charge is 0.330 e. The van der Waals surface area contributed by atoms with Crippen molar-refractivity contribution in [1.29, 1.82) is 0 Å². The van der Waals surface area contributed by atoms with E-state index in [1.54, 1.807) is 5.38 Å². The Hall–Kier alpha value is -1.77. The summed E-state index contributed by atoms with van der Waals surface area (Å²) in [5.74, 6) is -1.79. The van der Waals surface area contributed by atoms with Crippen molar-refractivity contribution in [3.05, 3.63) is 57.0 Å². The zero-order valence-electron chi connectivity index (χ0n) is 16.7. The Morgan fingerprint density at radius 3 is 2.83 bits per heavy atom. The molecule has 1 saturated heterocycles. The zero-order chi connectivity index (χ0) is 21.0. The van der Waals surface area contributed by atoms with Gasteiger partial charge in [-0.05, 0) is 37.0 Å². The minimum atomic E-state index is -1.43. The van der Waals surface area contributed by atoms with Gasteiger partial charge in [0.15, 0.2) is 4.47 Å². The van der Waals surface area contributed by atoms with Crippen LogP contribution in [-0.2, 0) is 26.5 Å². The normalized spacial score (nSPS) is 21.8. The molecule has 0 spiro atoms. The van der Waals surface area contributed by atoms with E-state index >= 15 is 0 Å². The largest absolute Gasteiger partial charge is 0.466 e. The third-order valence-electron chi connectivity index (χ3n) is 5.11. The van der Waals surface area contributed by atoms with Gasteiger partial charge in [0, 0.05) is 24.0 Å². The monoisotopic (exact) mass is 436 g/mol. The molecule has 1 N–H and O–H groups in total. The van der Waals surface area contributed by atoms with Crippen molar-refractivity contribution in [2.24, 2.45) is 0 Å². The van der Waals surface area contributed by atoms with Crippen molar-refractivity contribution < 1.29 is 19.4 Å². The maximum Gasteiger partial charge on any atom is 0.330 e. The lowest BCUT2D eigenvalue weighted by Crippen LogP contribution is -2.53. The van der Waals surface area contributed by atoms with Gasteiger partial charge >= 0.3 is 5.97 Å². The van der Waals surface area contributed by atoms with Crippen molar-refractivity contribution in [1.82, 2.24) is 9.88 Å². The molecule has 0 bridgehead atoms. The number of hydrogen-bond donors (Lipinski definition) is 1. The highest BCUT2D eigenvalue weighted by atomic mass is 35.5. The lowest BCUT2D eigenvalue weighted by Gasteiger charge is -2.41. The number of aromatic nitrogens is 1. The zero-order valence-corrected chi connectivity index (χ0v) is 18.3. The van der Waals surface area contributed by atoms with Gasteiger partial charge in [0.2, 0.25) is 5.79 Å². The highest BCUT2D eigenvalue weighted by Gasteiger charge is 2.39. The highest BCUT2D eigenvalue weighted by Crippen LogP contribution is 2.31. The van der Waals surface area contributed by atoms with Gasteiger partial charge in [-0.15, -0.1) is 11.3 Å². The van der Waals surface area contributed by atoms with E-state index in [0.29, 0.717) is 23.3 Å². The van der Waals surface area contributed by atoms with E-state index in [0.717, 1.165) is 24.1 Å². The Morgan fingerprint density at radius 1 is 1.48 bits per heavy atom. The summed E-state index contributed by atoms with van der Waals surface area (Å²) in [4.78, 5) is 17.8. The maximum absolute atomic E-state index is 11.4. The Labute approximate surface area is 179 Å². The number of allylic oxidation sites excluding steroid dienone is 1. The minimum Gasteiger partial charge on any atom is -0.466 e. The fourth-order valence-electron chi connectivity index (χ4n) is 3.39. The molecule has 156 valence electrons. The molecule has 3 rings (SSSR count). The molecule has 8 heteroatoms. The number of methoxy groups -OCH3 is 1. The summed E-state index contributed by atoms with van der Waals surface area (Å²) in [7, 11) is 1.37. The molecule has 2 atom stereocenters. The summed E-state index contributed by atoms with van der Waals surface area (Å²) in [6.07, 6.45) is 2.31. The summed E-state index contributed by atoms with van der Waals surface area (Å²) >= 11 is 7.20. The van der Waals surface area contributed by atoms with Crippen LogP contribution in [0, 0.1) is 0 Å². The maximum atomic E-state index is 11.4. The van der Waals surface area contributed by atoms with Crippen LogP contribution in [0.2, 0.25) is 4.47 Å². The van der Waals surface area contributed by atoms with E-state index in [-0.39, 0.29) is 12.0 Å². The lowest BCUT2D eigenvalue weighted by atomic mass is 10.00. The van der Waals surface area contributed by atoms with Crippen LogP contribution < -0.4 is 0 Å². The van der Waals surface area contributed by atoms with Gasteiger partial charge < -0.3 is 14.6 Å². The van der Waals surface area contributed by atoms with Crippen molar-refractivity contribution in [2.75, 3.05) is 26.8 Å². The first kappa shape index (κ1) is 21.9. The molecule has 0 radical (unpaired) electrons. The van der Waals surface area contributed by atoms with E-state index in [1.807, 2.05) is 19.1 Å². The molecular formula is C21H25ClN2O4S. The Kier molecular flexibility index (Phi) is 7.08. The number of nitrogens with zero attached hydrogens (tertiary/aromatic N) is 2. The van der Waals surface area contributed by atoms with Gasteiger partial charge in [0.05, 0.1) is 20.3 Å². The molecule has 0 saturated carbocycles. The molecule has 1 aromatic carbocycles. The Morgan fingerprint density at radius 2 is 2.21 bits per heavy atom. The van der Waals surface area contributed by atoms with E-state index < -0.39 is 5.79 Å². The molecule has 2 unspecified atom stereocenters. The second-order valence-corrected chi connectivity index (χ2v) is 8.63. The first-order valence-corrected chi connectivity index (χ1v) is 10.6. The molecule has 29 heavy (non-hydrogen) atoms. The Bertz CT molecular complexity index is 883. The fourth-order valence-corrected chi connectivity index (χ4v) is 4.21. The molecule has 1 aliphatic heterocycles. The lowest BCUT2D eigenvalue weighted by molar-refractivity contribution is -0.253. The summed E-state index contributed by atoms with van der Waals surface area (Å²) in [6.45, 7) is 5.52. The van der Waals surface area contributed by atoms with Crippen LogP contribution in [0.25, 0.3) is 5.57 Å². The van der Waals surface area contributed by atoms with Gasteiger partial charge in [-0.1, -0.05) is 35.9 Å². The van der Waals surface area contributed by atoms with Crippen LogP contribution >= 0.6 is 22.9 Å². The Balaban J connectivity index is 1.64. The van der Waals surface area contributed by atoms with Crippen LogP contribution in [0.5, 0.6) is 0 Å². The van der Waals surface area contributed by atoms with Gasteiger partial charge in [-0.3, -0.25) is 4.90 Å².